The molecular weight excluding hydrogens is 307 g/mol. The van der Waals surface area contributed by atoms with Gasteiger partial charge < -0.3 is 10.4 Å². The van der Waals surface area contributed by atoms with Gasteiger partial charge in [-0.15, -0.1) is 11.3 Å². The van der Waals surface area contributed by atoms with E-state index in [2.05, 4.69) is 0 Å². The molecule has 8 heteroatoms. The number of carboxylic acid groups (broad SMARTS) is 1. The molecule has 1 aromatic rings. The molecule has 1 rings (SSSR count). The Kier molecular flexibility index (Phi) is 5.03. The molecule has 0 aliphatic heterocycles. The summed E-state index contributed by atoms with van der Waals surface area (Å²) in [5, 5.41) is 10.7. The summed E-state index contributed by atoms with van der Waals surface area (Å²) in [5.41, 5.74) is -0.616. The average molecular weight is 323 g/mol. The lowest BCUT2D eigenvalue weighted by Crippen LogP contribution is -2.47. The first kappa shape index (κ1) is 17.5. The predicted octanol–water partition coefficient (Wildman–Crippen LogP) is 3.54. The van der Waals surface area contributed by atoms with Crippen molar-refractivity contribution in [1.82, 2.24) is 5.32 Å². The normalized spacial score (nSPS) is 13.8. The minimum absolute atomic E-state index is 0.0597. The summed E-state index contributed by atoms with van der Waals surface area (Å²) in [4.78, 5) is 22.4. The molecule has 118 valence electrons. The molecule has 0 fully saturated rings. The fourth-order valence-electron chi connectivity index (χ4n) is 1.67. The number of alkyl halides is 3. The van der Waals surface area contributed by atoms with E-state index in [-0.39, 0.29) is 16.2 Å². The zero-order valence-electron chi connectivity index (χ0n) is 11.7. The van der Waals surface area contributed by atoms with Crippen molar-refractivity contribution in [3.05, 3.63) is 21.9 Å². The number of aromatic carboxylic acids is 1. The Bertz CT molecular complexity index is 531. The average Bonchev–Trinajstić information content (AvgIpc) is 2.74. The highest BCUT2D eigenvalue weighted by molar-refractivity contribution is 7.15. The molecule has 1 aromatic heterocycles. The van der Waals surface area contributed by atoms with Crippen LogP contribution in [0.15, 0.2) is 12.1 Å². The van der Waals surface area contributed by atoms with Crippen LogP contribution in [0, 0.1) is 5.41 Å². The SMILES string of the molecule is CC(C)(C)CC(NC(=O)c1ccc(C(=O)O)s1)C(F)(F)F. The molecule has 1 unspecified atom stereocenters. The summed E-state index contributed by atoms with van der Waals surface area (Å²) in [6.45, 7) is 4.93. The maximum absolute atomic E-state index is 13.0. The van der Waals surface area contributed by atoms with Crippen LogP contribution in [0.5, 0.6) is 0 Å². The highest BCUT2D eigenvalue weighted by atomic mass is 32.1. The van der Waals surface area contributed by atoms with Crippen LogP contribution in [0.25, 0.3) is 0 Å². The molecule has 4 nitrogen and oxygen atoms in total. The quantitative estimate of drug-likeness (QED) is 0.890. The number of carboxylic acids is 1. The van der Waals surface area contributed by atoms with E-state index in [9.17, 15) is 22.8 Å². The lowest BCUT2D eigenvalue weighted by molar-refractivity contribution is -0.159. The van der Waals surface area contributed by atoms with Gasteiger partial charge in [-0.3, -0.25) is 4.79 Å². The summed E-state index contributed by atoms with van der Waals surface area (Å²) in [6.07, 6.45) is -4.82. The van der Waals surface area contributed by atoms with Crippen LogP contribution in [0.3, 0.4) is 0 Å². The third kappa shape index (κ3) is 5.37. The first-order chi connectivity index (χ1) is 9.40. The standard InChI is InChI=1S/C13H16F3NO3S/c1-12(2,3)6-9(13(14,15)16)17-10(18)7-4-5-8(21-7)11(19)20/h4-5,9H,6H2,1-3H3,(H,17,18)(H,19,20). The smallest absolute Gasteiger partial charge is 0.408 e. The topological polar surface area (TPSA) is 66.4 Å². The minimum Gasteiger partial charge on any atom is -0.477 e. The van der Waals surface area contributed by atoms with E-state index in [4.69, 9.17) is 5.11 Å². The van der Waals surface area contributed by atoms with Gasteiger partial charge in [0.15, 0.2) is 0 Å². The van der Waals surface area contributed by atoms with Crippen molar-refractivity contribution in [1.29, 1.82) is 0 Å². The van der Waals surface area contributed by atoms with Gasteiger partial charge in [0.1, 0.15) is 10.9 Å². The van der Waals surface area contributed by atoms with Gasteiger partial charge in [0, 0.05) is 0 Å². The molecule has 2 N–H and O–H groups in total. The number of carbonyl (C=O) groups excluding carboxylic acids is 1. The van der Waals surface area contributed by atoms with Gasteiger partial charge in [-0.2, -0.15) is 13.2 Å². The van der Waals surface area contributed by atoms with Gasteiger partial charge in [0.2, 0.25) is 0 Å². The lowest BCUT2D eigenvalue weighted by Gasteiger charge is -2.28. The zero-order chi connectivity index (χ0) is 16.4. The lowest BCUT2D eigenvalue weighted by atomic mass is 9.88. The summed E-state index contributed by atoms with van der Waals surface area (Å²) in [5.74, 6) is -2.14. The molecule has 21 heavy (non-hydrogen) atoms. The van der Waals surface area contributed by atoms with Crippen molar-refractivity contribution in [2.24, 2.45) is 5.41 Å². The molecule has 1 heterocycles. The largest absolute Gasteiger partial charge is 0.477 e. The fraction of sp³-hybridized carbons (Fsp3) is 0.538. The second-order valence-corrected chi connectivity index (χ2v) is 6.89. The molecular formula is C13H16F3NO3S. The van der Waals surface area contributed by atoms with Gasteiger partial charge in [0.05, 0.1) is 4.88 Å². The van der Waals surface area contributed by atoms with Crippen LogP contribution in [0.4, 0.5) is 13.2 Å². The molecule has 0 aliphatic rings. The molecule has 0 saturated heterocycles. The number of hydrogen-bond acceptors (Lipinski definition) is 3. The molecule has 0 saturated carbocycles. The van der Waals surface area contributed by atoms with Crippen molar-refractivity contribution < 1.29 is 27.9 Å². The summed E-state index contributed by atoms with van der Waals surface area (Å²) in [7, 11) is 0. The van der Waals surface area contributed by atoms with Crippen molar-refractivity contribution in [3.63, 3.8) is 0 Å². The van der Waals surface area contributed by atoms with Gasteiger partial charge >= 0.3 is 12.1 Å². The monoisotopic (exact) mass is 323 g/mol. The Balaban J connectivity index is 2.87. The van der Waals surface area contributed by atoms with E-state index in [0.29, 0.717) is 11.3 Å². The minimum atomic E-state index is -4.56. The van der Waals surface area contributed by atoms with Gasteiger partial charge in [-0.25, -0.2) is 4.79 Å². The first-order valence-corrected chi connectivity index (χ1v) is 6.92. The van der Waals surface area contributed by atoms with E-state index >= 15 is 0 Å². The van der Waals surface area contributed by atoms with Gasteiger partial charge in [-0.05, 0) is 24.0 Å². The highest BCUT2D eigenvalue weighted by Gasteiger charge is 2.42. The van der Waals surface area contributed by atoms with E-state index in [1.54, 1.807) is 20.8 Å². The highest BCUT2D eigenvalue weighted by Crippen LogP contribution is 2.31. The predicted molar refractivity (Wildman–Crippen MR) is 72.7 cm³/mol. The molecule has 1 amide bonds. The maximum Gasteiger partial charge on any atom is 0.408 e. The second-order valence-electron chi connectivity index (χ2n) is 5.80. The number of hydrogen-bond donors (Lipinski definition) is 2. The van der Waals surface area contributed by atoms with E-state index in [1.807, 2.05) is 5.32 Å². The van der Waals surface area contributed by atoms with E-state index < -0.39 is 29.5 Å². The second kappa shape index (κ2) is 6.05. The van der Waals surface area contributed by atoms with Crippen molar-refractivity contribution in [3.8, 4) is 0 Å². The van der Waals surface area contributed by atoms with Crippen LogP contribution in [-0.4, -0.2) is 29.2 Å². The Morgan fingerprint density at radius 2 is 1.76 bits per heavy atom. The Morgan fingerprint density at radius 3 is 2.14 bits per heavy atom. The van der Waals surface area contributed by atoms with Crippen molar-refractivity contribution >= 4 is 23.2 Å². The number of thiophene rings is 1. The fourth-order valence-corrected chi connectivity index (χ4v) is 2.41. The number of amides is 1. The molecule has 0 aromatic carbocycles. The van der Waals surface area contributed by atoms with Gasteiger partial charge in [0.25, 0.3) is 5.91 Å². The Hall–Kier alpha value is -1.57. The van der Waals surface area contributed by atoms with Crippen LogP contribution in [-0.2, 0) is 0 Å². The van der Waals surface area contributed by atoms with E-state index in [0.717, 1.165) is 0 Å². The van der Waals surface area contributed by atoms with Crippen LogP contribution in [0.1, 0.15) is 46.5 Å². The summed E-state index contributed by atoms with van der Waals surface area (Å²) in [6, 6.07) is 0.419. The molecule has 0 spiro atoms. The molecule has 0 aliphatic carbocycles. The number of halogens is 3. The number of carbonyl (C=O) groups is 2. The Morgan fingerprint density at radius 1 is 1.24 bits per heavy atom. The van der Waals surface area contributed by atoms with E-state index in [1.165, 1.54) is 12.1 Å². The zero-order valence-corrected chi connectivity index (χ0v) is 12.6. The Labute approximate surface area is 124 Å². The molecule has 0 bridgehead atoms. The third-order valence-electron chi connectivity index (χ3n) is 2.56. The third-order valence-corrected chi connectivity index (χ3v) is 3.63. The molecule has 1 atom stereocenters. The number of rotatable bonds is 4. The van der Waals surface area contributed by atoms with Crippen molar-refractivity contribution in [2.75, 3.05) is 0 Å². The van der Waals surface area contributed by atoms with Crippen LogP contribution >= 0.6 is 11.3 Å². The van der Waals surface area contributed by atoms with Gasteiger partial charge in [-0.1, -0.05) is 20.8 Å². The summed E-state index contributed by atoms with van der Waals surface area (Å²) >= 11 is 0.641. The maximum atomic E-state index is 13.0. The summed E-state index contributed by atoms with van der Waals surface area (Å²) < 4.78 is 38.9. The van der Waals surface area contributed by atoms with Crippen LogP contribution < -0.4 is 5.32 Å². The molecule has 0 radical (unpaired) electrons. The first-order valence-electron chi connectivity index (χ1n) is 6.11. The number of nitrogens with one attached hydrogen (secondary N) is 1. The van der Waals surface area contributed by atoms with Crippen molar-refractivity contribution in [2.45, 2.75) is 39.4 Å². The van der Waals surface area contributed by atoms with Crippen LogP contribution in [0.2, 0.25) is 0 Å².